The number of aromatic nitrogens is 1. The average molecular weight is 290 g/mol. The zero-order valence-electron chi connectivity index (χ0n) is 13.0. The molecule has 0 unspecified atom stereocenters. The molecule has 1 fully saturated rings. The number of rotatable bonds is 5. The lowest BCUT2D eigenvalue weighted by Crippen LogP contribution is -2.39. The number of nitrogens with one attached hydrogen (secondary N) is 3. The summed E-state index contributed by atoms with van der Waals surface area (Å²) in [6.45, 7) is 5.19. The molecule has 1 aliphatic carbocycles. The second-order valence-corrected chi connectivity index (χ2v) is 6.14. The van der Waals surface area contributed by atoms with E-state index in [4.69, 9.17) is 0 Å². The second-order valence-electron chi connectivity index (χ2n) is 6.14. The molecule has 1 heterocycles. The van der Waals surface area contributed by atoms with Crippen LogP contribution in [-0.2, 0) is 0 Å². The highest BCUT2D eigenvalue weighted by Gasteiger charge is 2.15. The number of carbonyl (C=O) groups is 1. The summed E-state index contributed by atoms with van der Waals surface area (Å²) in [5, 5.41) is 9.12. The van der Waals surface area contributed by atoms with Crippen LogP contribution in [0.3, 0.4) is 0 Å². The molecule has 0 saturated heterocycles. The Morgan fingerprint density at radius 3 is 2.67 bits per heavy atom. The molecule has 3 N–H and O–H groups in total. The number of carbonyl (C=O) groups excluding carboxylic acids is 1. The molecule has 1 aliphatic rings. The van der Waals surface area contributed by atoms with Gasteiger partial charge in [-0.15, -0.1) is 0 Å². The lowest BCUT2D eigenvalue weighted by atomic mass is 9.96. The van der Waals surface area contributed by atoms with Crippen molar-refractivity contribution in [3.05, 3.63) is 18.3 Å². The summed E-state index contributed by atoms with van der Waals surface area (Å²) in [7, 11) is 0. The molecule has 0 aromatic carbocycles. The van der Waals surface area contributed by atoms with Gasteiger partial charge in [0.05, 0.1) is 11.9 Å². The third-order valence-electron chi connectivity index (χ3n) is 3.65. The van der Waals surface area contributed by atoms with Gasteiger partial charge in [-0.2, -0.15) is 0 Å². The van der Waals surface area contributed by atoms with Gasteiger partial charge in [0.1, 0.15) is 5.82 Å². The number of hydrogen-bond acceptors (Lipinski definition) is 3. The van der Waals surface area contributed by atoms with E-state index in [9.17, 15) is 4.79 Å². The van der Waals surface area contributed by atoms with Crippen LogP contribution >= 0.6 is 0 Å². The van der Waals surface area contributed by atoms with E-state index in [-0.39, 0.29) is 6.03 Å². The van der Waals surface area contributed by atoms with Crippen molar-refractivity contribution in [1.82, 2.24) is 10.3 Å². The van der Waals surface area contributed by atoms with Crippen LogP contribution in [-0.4, -0.2) is 23.6 Å². The van der Waals surface area contributed by atoms with E-state index in [2.05, 4.69) is 34.8 Å². The van der Waals surface area contributed by atoms with Gasteiger partial charge in [0, 0.05) is 12.6 Å². The lowest BCUT2D eigenvalue weighted by molar-refractivity contribution is 0.244. The maximum absolute atomic E-state index is 11.9. The minimum Gasteiger partial charge on any atom is -0.370 e. The standard InChI is InChI=1S/C16H26N4O/c1-12(2)10-17-15-9-8-14(11-18-15)20-16(21)19-13-6-4-3-5-7-13/h8-9,11-13H,3-7,10H2,1-2H3,(H,17,18)(H2,19,20,21). The molecule has 2 rings (SSSR count). The first-order valence-corrected chi connectivity index (χ1v) is 7.91. The Hall–Kier alpha value is -1.78. The van der Waals surface area contributed by atoms with E-state index in [1.54, 1.807) is 6.20 Å². The van der Waals surface area contributed by atoms with Crippen molar-refractivity contribution >= 4 is 17.5 Å². The molecule has 0 aliphatic heterocycles. The number of amides is 2. The molecule has 5 heteroatoms. The van der Waals surface area contributed by atoms with Crippen LogP contribution in [0.4, 0.5) is 16.3 Å². The first kappa shape index (κ1) is 15.6. The highest BCUT2D eigenvalue weighted by atomic mass is 16.2. The summed E-state index contributed by atoms with van der Waals surface area (Å²) in [6, 6.07) is 3.94. The van der Waals surface area contributed by atoms with Gasteiger partial charge in [-0.05, 0) is 30.9 Å². The highest BCUT2D eigenvalue weighted by Crippen LogP contribution is 2.17. The molecule has 0 atom stereocenters. The molecule has 1 aromatic heterocycles. The number of anilines is 2. The monoisotopic (exact) mass is 290 g/mol. The lowest BCUT2D eigenvalue weighted by Gasteiger charge is -2.22. The van der Waals surface area contributed by atoms with Gasteiger partial charge in [0.25, 0.3) is 0 Å². The SMILES string of the molecule is CC(C)CNc1ccc(NC(=O)NC2CCCCC2)cn1. The molecule has 0 bridgehead atoms. The number of urea groups is 1. The predicted octanol–water partition coefficient (Wildman–Crippen LogP) is 3.60. The van der Waals surface area contributed by atoms with E-state index >= 15 is 0 Å². The second kappa shape index (κ2) is 7.86. The Bertz CT molecular complexity index is 438. The Morgan fingerprint density at radius 2 is 2.05 bits per heavy atom. The molecular formula is C16H26N4O. The first-order valence-electron chi connectivity index (χ1n) is 7.91. The largest absolute Gasteiger partial charge is 0.370 e. The average Bonchev–Trinajstić information content (AvgIpc) is 2.47. The normalized spacial score (nSPS) is 15.8. The summed E-state index contributed by atoms with van der Waals surface area (Å²) >= 11 is 0. The fourth-order valence-corrected chi connectivity index (χ4v) is 2.48. The van der Waals surface area contributed by atoms with Crippen LogP contribution in [0.2, 0.25) is 0 Å². The topological polar surface area (TPSA) is 66.0 Å². The maximum Gasteiger partial charge on any atom is 0.319 e. The van der Waals surface area contributed by atoms with Crippen molar-refractivity contribution in [2.45, 2.75) is 52.0 Å². The maximum atomic E-state index is 11.9. The minimum absolute atomic E-state index is 0.133. The molecule has 1 saturated carbocycles. The first-order chi connectivity index (χ1) is 10.1. The smallest absolute Gasteiger partial charge is 0.319 e. The summed E-state index contributed by atoms with van der Waals surface area (Å²) < 4.78 is 0. The van der Waals surface area contributed by atoms with E-state index in [1.165, 1.54) is 19.3 Å². The van der Waals surface area contributed by atoms with Gasteiger partial charge in [0.15, 0.2) is 0 Å². The zero-order chi connectivity index (χ0) is 15.1. The van der Waals surface area contributed by atoms with E-state index in [1.807, 2.05) is 12.1 Å². The van der Waals surface area contributed by atoms with Crippen LogP contribution in [0.1, 0.15) is 46.0 Å². The Kier molecular flexibility index (Phi) is 5.84. The van der Waals surface area contributed by atoms with Gasteiger partial charge in [-0.1, -0.05) is 33.1 Å². The van der Waals surface area contributed by atoms with Crippen LogP contribution in [0.15, 0.2) is 18.3 Å². The van der Waals surface area contributed by atoms with Crippen molar-refractivity contribution in [2.24, 2.45) is 5.92 Å². The summed E-state index contributed by atoms with van der Waals surface area (Å²) in [6.07, 6.45) is 7.57. The third-order valence-corrected chi connectivity index (χ3v) is 3.65. The Labute approximate surface area is 126 Å². The van der Waals surface area contributed by atoms with Crippen LogP contribution < -0.4 is 16.0 Å². The quantitative estimate of drug-likeness (QED) is 0.776. The van der Waals surface area contributed by atoms with Crippen molar-refractivity contribution in [2.75, 3.05) is 17.2 Å². The number of nitrogens with zero attached hydrogens (tertiary/aromatic N) is 1. The molecule has 5 nitrogen and oxygen atoms in total. The van der Waals surface area contributed by atoms with Crippen molar-refractivity contribution in [1.29, 1.82) is 0 Å². The fraction of sp³-hybridized carbons (Fsp3) is 0.625. The number of pyridine rings is 1. The molecule has 21 heavy (non-hydrogen) atoms. The van der Waals surface area contributed by atoms with E-state index in [0.29, 0.717) is 12.0 Å². The summed E-state index contributed by atoms with van der Waals surface area (Å²) in [4.78, 5) is 16.2. The zero-order valence-corrected chi connectivity index (χ0v) is 13.0. The molecular weight excluding hydrogens is 264 g/mol. The van der Waals surface area contributed by atoms with Crippen LogP contribution in [0.25, 0.3) is 0 Å². The Morgan fingerprint density at radius 1 is 1.29 bits per heavy atom. The van der Waals surface area contributed by atoms with Gasteiger partial charge in [0.2, 0.25) is 0 Å². The minimum atomic E-state index is -0.133. The molecule has 1 aromatic rings. The fourth-order valence-electron chi connectivity index (χ4n) is 2.48. The van der Waals surface area contributed by atoms with Gasteiger partial charge < -0.3 is 16.0 Å². The molecule has 0 radical (unpaired) electrons. The Balaban J connectivity index is 1.77. The van der Waals surface area contributed by atoms with Gasteiger partial charge in [-0.25, -0.2) is 9.78 Å². The third kappa shape index (κ3) is 5.61. The molecule has 116 valence electrons. The van der Waals surface area contributed by atoms with Gasteiger partial charge in [-0.3, -0.25) is 0 Å². The summed E-state index contributed by atoms with van der Waals surface area (Å²) in [5.41, 5.74) is 0.721. The predicted molar refractivity (Wildman–Crippen MR) is 86.6 cm³/mol. The van der Waals surface area contributed by atoms with Gasteiger partial charge >= 0.3 is 6.03 Å². The van der Waals surface area contributed by atoms with Crippen LogP contribution in [0, 0.1) is 5.92 Å². The highest BCUT2D eigenvalue weighted by molar-refractivity contribution is 5.89. The van der Waals surface area contributed by atoms with Crippen LogP contribution in [0.5, 0.6) is 0 Å². The molecule has 0 spiro atoms. The van der Waals surface area contributed by atoms with E-state index < -0.39 is 0 Å². The molecule has 2 amide bonds. The van der Waals surface area contributed by atoms with Crippen molar-refractivity contribution in [3.63, 3.8) is 0 Å². The summed E-state index contributed by atoms with van der Waals surface area (Å²) in [5.74, 6) is 1.41. The number of hydrogen-bond donors (Lipinski definition) is 3. The van der Waals surface area contributed by atoms with Crippen molar-refractivity contribution in [3.8, 4) is 0 Å². The van der Waals surface area contributed by atoms with E-state index in [0.717, 1.165) is 30.9 Å². The van der Waals surface area contributed by atoms with Crippen molar-refractivity contribution < 1.29 is 4.79 Å².